The molecule has 0 aliphatic carbocycles. The molecule has 0 aromatic carbocycles. The minimum Gasteiger partial charge on any atom is -0.480 e. The van der Waals surface area contributed by atoms with Crippen LogP contribution >= 0.6 is 0 Å². The fourth-order valence-electron chi connectivity index (χ4n) is 1.99. The Kier molecular flexibility index (Phi) is 2.56. The van der Waals surface area contributed by atoms with Gasteiger partial charge in [-0.1, -0.05) is 0 Å². The van der Waals surface area contributed by atoms with Crippen molar-refractivity contribution < 1.29 is 19.5 Å². The van der Waals surface area contributed by atoms with E-state index in [2.05, 4.69) is 10.1 Å². The average Bonchev–Trinajstić information content (AvgIpc) is 2.94. The molecule has 0 atom stereocenters. The summed E-state index contributed by atoms with van der Waals surface area (Å²) in [6.07, 6.45) is 4.03. The van der Waals surface area contributed by atoms with Gasteiger partial charge in [-0.05, 0) is 12.1 Å². The number of carboxylic acids is 1. The van der Waals surface area contributed by atoms with Crippen molar-refractivity contribution in [2.75, 3.05) is 4.90 Å². The SMILES string of the molecule is O=C(O)Cn1cc(N2C(=O)c3cccnc3C2=O)cn1. The molecule has 1 N–H and O–H groups in total. The third-order valence-corrected chi connectivity index (χ3v) is 2.82. The van der Waals surface area contributed by atoms with Crippen LogP contribution in [0.1, 0.15) is 20.8 Å². The van der Waals surface area contributed by atoms with E-state index in [4.69, 9.17) is 5.11 Å². The Morgan fingerprint density at radius 3 is 2.80 bits per heavy atom. The number of anilines is 1. The smallest absolute Gasteiger partial charge is 0.325 e. The molecule has 0 bridgehead atoms. The van der Waals surface area contributed by atoms with E-state index in [0.29, 0.717) is 0 Å². The number of carboxylic acid groups (broad SMARTS) is 1. The molecule has 0 unspecified atom stereocenters. The number of nitrogens with zero attached hydrogens (tertiary/aromatic N) is 4. The molecule has 8 heteroatoms. The predicted molar refractivity (Wildman–Crippen MR) is 65.2 cm³/mol. The number of aromatic nitrogens is 3. The van der Waals surface area contributed by atoms with Crippen molar-refractivity contribution in [1.29, 1.82) is 0 Å². The maximum atomic E-state index is 12.2. The molecule has 3 rings (SSSR count). The Morgan fingerprint density at radius 2 is 2.10 bits per heavy atom. The van der Waals surface area contributed by atoms with Crippen LogP contribution in [0.4, 0.5) is 5.69 Å². The maximum Gasteiger partial charge on any atom is 0.325 e. The summed E-state index contributed by atoms with van der Waals surface area (Å²) in [5, 5.41) is 12.5. The van der Waals surface area contributed by atoms with Crippen molar-refractivity contribution in [3.05, 3.63) is 42.0 Å². The molecule has 0 spiro atoms. The summed E-state index contributed by atoms with van der Waals surface area (Å²) in [5.41, 5.74) is 0.534. The second kappa shape index (κ2) is 4.26. The topological polar surface area (TPSA) is 105 Å². The first kappa shape index (κ1) is 12.0. The number of fused-ring (bicyclic) bond motifs is 1. The molecule has 100 valence electrons. The van der Waals surface area contributed by atoms with Gasteiger partial charge in [-0.25, -0.2) is 4.90 Å². The number of hydrogen-bond acceptors (Lipinski definition) is 5. The molecule has 2 aromatic rings. The van der Waals surface area contributed by atoms with Crippen molar-refractivity contribution in [1.82, 2.24) is 14.8 Å². The number of carbonyl (C=O) groups is 3. The Balaban J connectivity index is 1.96. The fourth-order valence-corrected chi connectivity index (χ4v) is 1.99. The summed E-state index contributed by atoms with van der Waals surface area (Å²) in [6, 6.07) is 3.09. The van der Waals surface area contributed by atoms with E-state index in [-0.39, 0.29) is 23.5 Å². The summed E-state index contributed by atoms with van der Waals surface area (Å²) in [6.45, 7) is -0.346. The van der Waals surface area contributed by atoms with E-state index in [1.54, 1.807) is 6.07 Å². The van der Waals surface area contributed by atoms with Crippen molar-refractivity contribution in [3.8, 4) is 0 Å². The number of hydrogen-bond donors (Lipinski definition) is 1. The van der Waals surface area contributed by atoms with Gasteiger partial charge in [0.05, 0.1) is 17.4 Å². The minimum atomic E-state index is -1.07. The van der Waals surface area contributed by atoms with Crippen molar-refractivity contribution in [2.24, 2.45) is 0 Å². The zero-order valence-electron chi connectivity index (χ0n) is 10.1. The highest BCUT2D eigenvalue weighted by Crippen LogP contribution is 2.26. The summed E-state index contributed by atoms with van der Waals surface area (Å²) < 4.78 is 1.13. The molecule has 8 nitrogen and oxygen atoms in total. The first-order valence-electron chi connectivity index (χ1n) is 5.66. The molecule has 0 radical (unpaired) electrons. The van der Waals surface area contributed by atoms with Crippen LogP contribution in [0.3, 0.4) is 0 Å². The maximum absolute atomic E-state index is 12.2. The van der Waals surface area contributed by atoms with Crippen molar-refractivity contribution in [2.45, 2.75) is 6.54 Å². The monoisotopic (exact) mass is 272 g/mol. The van der Waals surface area contributed by atoms with Crippen LogP contribution in [0.5, 0.6) is 0 Å². The van der Waals surface area contributed by atoms with Gasteiger partial charge in [0.25, 0.3) is 11.8 Å². The van der Waals surface area contributed by atoms with E-state index in [0.717, 1.165) is 9.58 Å². The first-order valence-corrected chi connectivity index (χ1v) is 5.66. The molecular weight excluding hydrogens is 264 g/mol. The Bertz CT molecular complexity index is 702. The molecule has 0 saturated carbocycles. The lowest BCUT2D eigenvalue weighted by atomic mass is 10.2. The largest absolute Gasteiger partial charge is 0.480 e. The quantitative estimate of drug-likeness (QED) is 0.798. The molecule has 20 heavy (non-hydrogen) atoms. The standard InChI is InChI=1S/C12H8N4O4/c17-9(18)6-15-5-7(4-14-15)16-11(19)8-2-1-3-13-10(8)12(16)20/h1-5H,6H2,(H,17,18). The van der Waals surface area contributed by atoms with Gasteiger partial charge in [-0.3, -0.25) is 24.0 Å². The van der Waals surface area contributed by atoms with Gasteiger partial charge in [0.1, 0.15) is 12.2 Å². The van der Waals surface area contributed by atoms with Gasteiger partial charge in [0, 0.05) is 12.4 Å². The number of carbonyl (C=O) groups excluding carboxylic acids is 2. The summed E-state index contributed by atoms with van der Waals surface area (Å²) in [4.78, 5) is 39.7. The first-order chi connectivity index (χ1) is 9.58. The van der Waals surface area contributed by atoms with Crippen LogP contribution in [-0.4, -0.2) is 37.7 Å². The molecule has 1 aliphatic rings. The van der Waals surface area contributed by atoms with E-state index < -0.39 is 17.8 Å². The van der Waals surface area contributed by atoms with Gasteiger partial charge in [-0.2, -0.15) is 5.10 Å². The van der Waals surface area contributed by atoms with Gasteiger partial charge in [-0.15, -0.1) is 0 Å². The number of rotatable bonds is 3. The lowest BCUT2D eigenvalue weighted by Crippen LogP contribution is -2.29. The van der Waals surface area contributed by atoms with Crippen LogP contribution < -0.4 is 4.90 Å². The molecular formula is C12H8N4O4. The highest BCUT2D eigenvalue weighted by molar-refractivity contribution is 6.33. The number of imide groups is 1. The predicted octanol–water partition coefficient (Wildman–Crippen LogP) is 0.163. The van der Waals surface area contributed by atoms with Gasteiger partial charge >= 0.3 is 5.97 Å². The Labute approximate surface area is 112 Å². The highest BCUT2D eigenvalue weighted by atomic mass is 16.4. The minimum absolute atomic E-state index is 0.0866. The highest BCUT2D eigenvalue weighted by Gasteiger charge is 2.38. The molecule has 3 heterocycles. The third-order valence-electron chi connectivity index (χ3n) is 2.82. The molecule has 1 aliphatic heterocycles. The zero-order chi connectivity index (χ0) is 14.3. The zero-order valence-corrected chi connectivity index (χ0v) is 10.1. The Morgan fingerprint density at radius 1 is 1.30 bits per heavy atom. The van der Waals surface area contributed by atoms with Crippen LogP contribution in [-0.2, 0) is 11.3 Å². The second-order valence-corrected chi connectivity index (χ2v) is 4.14. The number of pyridine rings is 1. The van der Waals surface area contributed by atoms with Gasteiger partial charge in [0.15, 0.2) is 0 Å². The van der Waals surface area contributed by atoms with Crippen molar-refractivity contribution >= 4 is 23.5 Å². The third kappa shape index (κ3) is 1.74. The lowest BCUT2D eigenvalue weighted by Gasteiger charge is -2.09. The van der Waals surface area contributed by atoms with Crippen molar-refractivity contribution in [3.63, 3.8) is 0 Å². The fraction of sp³-hybridized carbons (Fsp3) is 0.0833. The molecule has 2 aromatic heterocycles. The van der Waals surface area contributed by atoms with E-state index in [1.807, 2.05) is 0 Å². The number of aliphatic carboxylic acids is 1. The van der Waals surface area contributed by atoms with E-state index >= 15 is 0 Å². The lowest BCUT2D eigenvalue weighted by molar-refractivity contribution is -0.137. The molecule has 0 fully saturated rings. The van der Waals surface area contributed by atoms with E-state index in [1.165, 1.54) is 24.7 Å². The van der Waals surface area contributed by atoms with Crippen LogP contribution in [0.25, 0.3) is 0 Å². The number of amides is 2. The average molecular weight is 272 g/mol. The van der Waals surface area contributed by atoms with E-state index in [9.17, 15) is 14.4 Å². The van der Waals surface area contributed by atoms with Crippen LogP contribution in [0.2, 0.25) is 0 Å². The molecule has 0 saturated heterocycles. The van der Waals surface area contributed by atoms with Gasteiger partial charge in [0.2, 0.25) is 0 Å². The van der Waals surface area contributed by atoms with Gasteiger partial charge < -0.3 is 5.11 Å². The summed E-state index contributed by atoms with van der Waals surface area (Å²) in [7, 11) is 0. The van der Waals surface area contributed by atoms with Crippen LogP contribution in [0, 0.1) is 0 Å². The summed E-state index contributed by atoms with van der Waals surface area (Å²) in [5.74, 6) is -2.10. The van der Waals surface area contributed by atoms with Crippen LogP contribution in [0.15, 0.2) is 30.7 Å². The Hall–Kier alpha value is -3.03. The molecule has 2 amide bonds. The summed E-state index contributed by atoms with van der Waals surface area (Å²) >= 11 is 0. The second-order valence-electron chi connectivity index (χ2n) is 4.14. The normalized spacial score (nSPS) is 13.7.